The molecule has 148 valence electrons. The molecule has 0 aliphatic carbocycles. The van der Waals surface area contributed by atoms with Crippen LogP contribution in [-0.2, 0) is 4.79 Å². The molecule has 0 saturated heterocycles. The molecule has 0 aromatic heterocycles. The minimum absolute atomic E-state index is 0.129. The van der Waals surface area contributed by atoms with Crippen molar-refractivity contribution in [2.45, 2.75) is 29.7 Å². The zero-order valence-corrected chi connectivity index (χ0v) is 17.7. The van der Waals surface area contributed by atoms with Crippen LogP contribution in [-0.4, -0.2) is 11.8 Å². The van der Waals surface area contributed by atoms with Crippen LogP contribution < -0.4 is 10.6 Å². The monoisotopic (exact) mass is 424 g/mol. The van der Waals surface area contributed by atoms with Gasteiger partial charge in [-0.25, -0.2) is 0 Å². The van der Waals surface area contributed by atoms with Crippen molar-refractivity contribution < 1.29 is 9.59 Å². The lowest BCUT2D eigenvalue weighted by molar-refractivity contribution is -0.114. The highest BCUT2D eigenvalue weighted by atomic mass is 35.5. The third-order valence-electron chi connectivity index (χ3n) is 4.24. The fraction of sp³-hybridized carbons (Fsp3) is 0.130. The standard InChI is InChI=1S/C23H21ClN2O2S/c1-15(17-6-4-3-5-7-17)25-23(28)18-8-13-22(21(14-18)26-16(2)27)29-20-11-9-19(24)10-12-20/h3-15H,1-2H3,(H,25,28)(H,26,27)/t15-/m0/s1. The van der Waals surface area contributed by atoms with Gasteiger partial charge in [-0.2, -0.15) is 0 Å². The molecule has 0 saturated carbocycles. The summed E-state index contributed by atoms with van der Waals surface area (Å²) in [6, 6.07) is 22.4. The van der Waals surface area contributed by atoms with E-state index >= 15 is 0 Å². The Morgan fingerprint density at radius 1 is 0.966 bits per heavy atom. The lowest BCUT2D eigenvalue weighted by atomic mass is 10.1. The second kappa shape index (κ2) is 9.63. The summed E-state index contributed by atoms with van der Waals surface area (Å²) in [5, 5.41) is 6.48. The molecule has 3 aromatic carbocycles. The zero-order valence-electron chi connectivity index (χ0n) is 16.1. The van der Waals surface area contributed by atoms with Crippen molar-refractivity contribution in [2.24, 2.45) is 0 Å². The van der Waals surface area contributed by atoms with Crippen molar-refractivity contribution in [2.75, 3.05) is 5.32 Å². The van der Waals surface area contributed by atoms with E-state index in [1.54, 1.807) is 12.1 Å². The van der Waals surface area contributed by atoms with Crippen LogP contribution in [0.15, 0.2) is 82.6 Å². The van der Waals surface area contributed by atoms with Crippen LogP contribution in [0.5, 0.6) is 0 Å². The van der Waals surface area contributed by atoms with Crippen LogP contribution in [0.1, 0.15) is 35.8 Å². The van der Waals surface area contributed by atoms with Crippen LogP contribution >= 0.6 is 23.4 Å². The summed E-state index contributed by atoms with van der Waals surface area (Å²) < 4.78 is 0. The van der Waals surface area contributed by atoms with Gasteiger partial charge in [0.05, 0.1) is 11.7 Å². The maximum Gasteiger partial charge on any atom is 0.251 e. The number of carbonyl (C=O) groups excluding carboxylic acids is 2. The predicted octanol–water partition coefficient (Wildman–Crippen LogP) is 5.94. The fourth-order valence-electron chi connectivity index (χ4n) is 2.78. The molecule has 0 bridgehead atoms. The Labute approximate surface area is 179 Å². The van der Waals surface area contributed by atoms with Crippen LogP contribution in [0.25, 0.3) is 0 Å². The molecule has 0 radical (unpaired) electrons. The third-order valence-corrected chi connectivity index (χ3v) is 5.58. The summed E-state index contributed by atoms with van der Waals surface area (Å²) in [5.74, 6) is -0.394. The Hall–Kier alpha value is -2.76. The molecule has 4 nitrogen and oxygen atoms in total. The number of anilines is 1. The molecular weight excluding hydrogens is 404 g/mol. The molecular formula is C23H21ClN2O2S. The molecule has 0 unspecified atom stereocenters. The maximum absolute atomic E-state index is 12.7. The van der Waals surface area contributed by atoms with Gasteiger partial charge in [-0.05, 0) is 55.0 Å². The van der Waals surface area contributed by atoms with E-state index in [2.05, 4.69) is 10.6 Å². The number of hydrogen-bond acceptors (Lipinski definition) is 3. The van der Waals surface area contributed by atoms with Crippen LogP contribution in [0.2, 0.25) is 5.02 Å². The Morgan fingerprint density at radius 3 is 2.31 bits per heavy atom. The number of amides is 2. The van der Waals surface area contributed by atoms with Gasteiger partial charge in [-0.3, -0.25) is 9.59 Å². The normalized spacial score (nSPS) is 11.6. The van der Waals surface area contributed by atoms with Crippen LogP contribution in [0, 0.1) is 0 Å². The first-order chi connectivity index (χ1) is 13.9. The second-order valence-electron chi connectivity index (χ2n) is 6.55. The Morgan fingerprint density at radius 2 is 1.66 bits per heavy atom. The van der Waals surface area contributed by atoms with E-state index in [-0.39, 0.29) is 17.9 Å². The lowest BCUT2D eigenvalue weighted by Gasteiger charge is -2.16. The summed E-state index contributed by atoms with van der Waals surface area (Å²) >= 11 is 7.44. The number of hydrogen-bond donors (Lipinski definition) is 2. The number of halogens is 1. The summed E-state index contributed by atoms with van der Waals surface area (Å²) in [6.45, 7) is 3.38. The van der Waals surface area contributed by atoms with E-state index in [9.17, 15) is 9.59 Å². The second-order valence-corrected chi connectivity index (χ2v) is 8.11. The molecule has 0 heterocycles. The van der Waals surface area contributed by atoms with Crippen molar-refractivity contribution in [3.63, 3.8) is 0 Å². The van der Waals surface area contributed by atoms with E-state index in [1.165, 1.54) is 18.7 Å². The van der Waals surface area contributed by atoms with Crippen molar-refractivity contribution in [1.82, 2.24) is 5.32 Å². The molecule has 29 heavy (non-hydrogen) atoms. The van der Waals surface area contributed by atoms with Gasteiger partial charge in [0.25, 0.3) is 5.91 Å². The smallest absolute Gasteiger partial charge is 0.251 e. The van der Waals surface area contributed by atoms with Crippen molar-refractivity contribution >= 4 is 40.9 Å². The Bertz CT molecular complexity index is 1010. The highest BCUT2D eigenvalue weighted by molar-refractivity contribution is 7.99. The number of rotatable bonds is 6. The molecule has 3 rings (SSSR count). The largest absolute Gasteiger partial charge is 0.346 e. The zero-order chi connectivity index (χ0) is 20.8. The highest BCUT2D eigenvalue weighted by Crippen LogP contribution is 2.35. The third kappa shape index (κ3) is 5.86. The van der Waals surface area contributed by atoms with Crippen molar-refractivity contribution in [3.8, 4) is 0 Å². The van der Waals surface area contributed by atoms with Gasteiger partial charge in [0.15, 0.2) is 0 Å². The van der Waals surface area contributed by atoms with E-state index in [0.29, 0.717) is 16.3 Å². The quantitative estimate of drug-likeness (QED) is 0.514. The van der Waals surface area contributed by atoms with Gasteiger partial charge in [-0.1, -0.05) is 53.7 Å². The Kier molecular flexibility index (Phi) is 6.96. The van der Waals surface area contributed by atoms with Crippen molar-refractivity contribution in [1.29, 1.82) is 0 Å². The SMILES string of the molecule is CC(=O)Nc1cc(C(=O)N[C@@H](C)c2ccccc2)ccc1Sc1ccc(Cl)cc1. The molecule has 0 aliphatic heterocycles. The molecule has 2 N–H and O–H groups in total. The highest BCUT2D eigenvalue weighted by Gasteiger charge is 2.14. The molecule has 2 amide bonds. The first kappa shape index (κ1) is 21.0. The molecule has 6 heteroatoms. The van der Waals surface area contributed by atoms with Gasteiger partial charge in [0, 0.05) is 27.3 Å². The minimum atomic E-state index is -0.198. The molecule has 3 aromatic rings. The number of carbonyl (C=O) groups is 2. The van der Waals surface area contributed by atoms with E-state index in [1.807, 2.05) is 67.6 Å². The van der Waals surface area contributed by atoms with E-state index in [4.69, 9.17) is 11.6 Å². The topological polar surface area (TPSA) is 58.2 Å². The predicted molar refractivity (Wildman–Crippen MR) is 119 cm³/mol. The first-order valence-electron chi connectivity index (χ1n) is 9.13. The molecule has 1 atom stereocenters. The molecule has 0 spiro atoms. The van der Waals surface area contributed by atoms with Gasteiger partial charge in [0.2, 0.25) is 5.91 Å². The fourth-order valence-corrected chi connectivity index (χ4v) is 3.79. The van der Waals surface area contributed by atoms with E-state index < -0.39 is 0 Å². The van der Waals surface area contributed by atoms with E-state index in [0.717, 1.165) is 15.4 Å². The van der Waals surface area contributed by atoms with Crippen molar-refractivity contribution in [3.05, 3.63) is 88.9 Å². The average molecular weight is 425 g/mol. The van der Waals surface area contributed by atoms with Gasteiger partial charge < -0.3 is 10.6 Å². The average Bonchev–Trinajstić information content (AvgIpc) is 2.71. The Balaban J connectivity index is 1.81. The number of benzene rings is 3. The summed E-state index contributed by atoms with van der Waals surface area (Å²) in [6.07, 6.45) is 0. The summed E-state index contributed by atoms with van der Waals surface area (Å²) in [5.41, 5.74) is 2.10. The summed E-state index contributed by atoms with van der Waals surface area (Å²) in [4.78, 5) is 26.2. The maximum atomic E-state index is 12.7. The lowest BCUT2D eigenvalue weighted by Crippen LogP contribution is -2.26. The first-order valence-corrected chi connectivity index (χ1v) is 10.3. The van der Waals surface area contributed by atoms with Crippen LogP contribution in [0.3, 0.4) is 0 Å². The summed E-state index contributed by atoms with van der Waals surface area (Å²) in [7, 11) is 0. The molecule has 0 aliphatic rings. The number of nitrogens with one attached hydrogen (secondary N) is 2. The van der Waals surface area contributed by atoms with Gasteiger partial charge in [0.1, 0.15) is 0 Å². The molecule has 0 fully saturated rings. The van der Waals surface area contributed by atoms with Crippen LogP contribution in [0.4, 0.5) is 5.69 Å². The van der Waals surface area contributed by atoms with Gasteiger partial charge in [-0.15, -0.1) is 0 Å². The minimum Gasteiger partial charge on any atom is -0.346 e. The van der Waals surface area contributed by atoms with Gasteiger partial charge >= 0.3 is 0 Å².